The Bertz CT molecular complexity index is 290. The predicted octanol–water partition coefficient (Wildman–Crippen LogP) is 3.34. The van der Waals surface area contributed by atoms with Gasteiger partial charge in [-0.1, -0.05) is 27.7 Å². The molecule has 0 saturated heterocycles. The van der Waals surface area contributed by atoms with Crippen LogP contribution in [0.25, 0.3) is 0 Å². The van der Waals surface area contributed by atoms with Gasteiger partial charge in [0.1, 0.15) is 0 Å². The van der Waals surface area contributed by atoms with Crippen molar-refractivity contribution in [2.24, 2.45) is 11.8 Å². The Labute approximate surface area is 118 Å². The molecule has 0 saturated carbocycles. The number of rotatable bonds is 10. The molecule has 0 atom stereocenters. The van der Waals surface area contributed by atoms with Crippen LogP contribution in [0.2, 0.25) is 0 Å². The summed E-state index contributed by atoms with van der Waals surface area (Å²) in [6, 6.07) is 0. The maximum Gasteiger partial charge on any atom is 0.214 e. The van der Waals surface area contributed by atoms with Gasteiger partial charge in [0, 0.05) is 19.0 Å². The van der Waals surface area contributed by atoms with Gasteiger partial charge in [0.15, 0.2) is 0 Å². The second kappa shape index (κ2) is 9.16. The van der Waals surface area contributed by atoms with Crippen LogP contribution in [0.5, 0.6) is 0 Å². The first kappa shape index (κ1) is 18.2. The molecule has 5 heteroatoms. The third-order valence-corrected chi connectivity index (χ3v) is 5.06. The summed E-state index contributed by atoms with van der Waals surface area (Å²) in [5.41, 5.74) is 0. The molecule has 0 aromatic carbocycles. The van der Waals surface area contributed by atoms with Gasteiger partial charge in [-0.05, 0) is 31.1 Å². The van der Waals surface area contributed by atoms with E-state index in [1.165, 1.54) is 0 Å². The molecule has 0 spiro atoms. The fourth-order valence-electron chi connectivity index (χ4n) is 1.56. The van der Waals surface area contributed by atoms with Gasteiger partial charge in [-0.15, -0.1) is 11.6 Å². The van der Waals surface area contributed by atoms with E-state index in [1.807, 2.05) is 0 Å². The summed E-state index contributed by atoms with van der Waals surface area (Å²) in [6.07, 6.45) is 2.36. The van der Waals surface area contributed by atoms with Crippen LogP contribution >= 0.6 is 11.6 Å². The van der Waals surface area contributed by atoms with Gasteiger partial charge in [0.2, 0.25) is 10.0 Å². The minimum Gasteiger partial charge on any atom is -0.212 e. The third kappa shape index (κ3) is 8.33. The standard InChI is InChI=1S/C13H28ClNO2S/c1-12(2)6-9-15(10-7-13(3)4)18(16,17)11-5-8-14/h12-13H,5-11H2,1-4H3. The van der Waals surface area contributed by atoms with Crippen LogP contribution in [0.1, 0.15) is 47.0 Å². The quantitative estimate of drug-likeness (QED) is 0.580. The van der Waals surface area contributed by atoms with E-state index in [9.17, 15) is 8.42 Å². The van der Waals surface area contributed by atoms with Crippen molar-refractivity contribution in [3.63, 3.8) is 0 Å². The molecule has 0 bridgehead atoms. The molecule has 0 unspecified atom stereocenters. The van der Waals surface area contributed by atoms with E-state index in [-0.39, 0.29) is 5.75 Å². The monoisotopic (exact) mass is 297 g/mol. The minimum atomic E-state index is -3.13. The smallest absolute Gasteiger partial charge is 0.212 e. The molecule has 0 aromatic rings. The first-order valence-electron chi connectivity index (χ1n) is 6.83. The maximum atomic E-state index is 12.2. The van der Waals surface area contributed by atoms with E-state index in [2.05, 4.69) is 27.7 Å². The average molecular weight is 298 g/mol. The van der Waals surface area contributed by atoms with E-state index in [0.29, 0.717) is 37.2 Å². The van der Waals surface area contributed by atoms with Gasteiger partial charge in [0.05, 0.1) is 5.75 Å². The van der Waals surface area contributed by atoms with E-state index >= 15 is 0 Å². The van der Waals surface area contributed by atoms with Crippen molar-refractivity contribution in [3.05, 3.63) is 0 Å². The van der Waals surface area contributed by atoms with Crippen molar-refractivity contribution < 1.29 is 8.42 Å². The highest BCUT2D eigenvalue weighted by Gasteiger charge is 2.21. The molecule has 3 nitrogen and oxygen atoms in total. The molecule has 0 aliphatic rings. The van der Waals surface area contributed by atoms with E-state index in [1.54, 1.807) is 4.31 Å². The van der Waals surface area contributed by atoms with Crippen molar-refractivity contribution in [1.82, 2.24) is 4.31 Å². The van der Waals surface area contributed by atoms with E-state index in [0.717, 1.165) is 12.8 Å². The zero-order valence-electron chi connectivity index (χ0n) is 12.2. The molecule has 0 heterocycles. The number of sulfonamides is 1. The van der Waals surface area contributed by atoms with Gasteiger partial charge in [0.25, 0.3) is 0 Å². The summed E-state index contributed by atoms with van der Waals surface area (Å²) in [4.78, 5) is 0. The lowest BCUT2D eigenvalue weighted by Crippen LogP contribution is -2.36. The summed E-state index contributed by atoms with van der Waals surface area (Å²) in [5.74, 6) is 1.62. The number of halogens is 1. The Hall–Kier alpha value is 0.200. The molecule has 0 aromatic heterocycles. The van der Waals surface area contributed by atoms with Crippen LogP contribution in [-0.2, 0) is 10.0 Å². The fraction of sp³-hybridized carbons (Fsp3) is 1.00. The zero-order chi connectivity index (χ0) is 14.2. The number of nitrogens with zero attached hydrogens (tertiary/aromatic N) is 1. The summed E-state index contributed by atoms with van der Waals surface area (Å²) in [7, 11) is -3.13. The molecule has 0 rings (SSSR count). The molecule has 18 heavy (non-hydrogen) atoms. The maximum absolute atomic E-state index is 12.2. The summed E-state index contributed by atoms with van der Waals surface area (Å²) in [5, 5.41) is 0. The number of hydrogen-bond donors (Lipinski definition) is 0. The van der Waals surface area contributed by atoms with Crippen LogP contribution < -0.4 is 0 Å². The molecule has 0 amide bonds. The van der Waals surface area contributed by atoms with Crippen LogP contribution in [0, 0.1) is 11.8 Å². The van der Waals surface area contributed by atoms with Crippen LogP contribution in [-0.4, -0.2) is 37.4 Å². The predicted molar refractivity (Wildman–Crippen MR) is 79.6 cm³/mol. The van der Waals surface area contributed by atoms with Crippen LogP contribution in [0.3, 0.4) is 0 Å². The van der Waals surface area contributed by atoms with Gasteiger partial charge in [-0.3, -0.25) is 0 Å². The van der Waals surface area contributed by atoms with Crippen molar-refractivity contribution in [1.29, 1.82) is 0 Å². The highest BCUT2D eigenvalue weighted by Crippen LogP contribution is 2.12. The molecule has 110 valence electrons. The Morgan fingerprint density at radius 2 is 1.44 bits per heavy atom. The molecular formula is C13H28ClNO2S. The molecular weight excluding hydrogens is 270 g/mol. The van der Waals surface area contributed by atoms with E-state index < -0.39 is 10.0 Å². The number of alkyl halides is 1. The van der Waals surface area contributed by atoms with Gasteiger partial charge in [-0.25, -0.2) is 12.7 Å². The molecule has 0 aliphatic carbocycles. The minimum absolute atomic E-state index is 0.173. The highest BCUT2D eigenvalue weighted by molar-refractivity contribution is 7.89. The fourth-order valence-corrected chi connectivity index (χ4v) is 3.39. The zero-order valence-corrected chi connectivity index (χ0v) is 13.7. The Morgan fingerprint density at radius 1 is 1.00 bits per heavy atom. The molecule has 0 aliphatic heterocycles. The Morgan fingerprint density at radius 3 is 1.78 bits per heavy atom. The van der Waals surface area contributed by atoms with Gasteiger partial charge in [-0.2, -0.15) is 0 Å². The second-order valence-electron chi connectivity index (χ2n) is 5.62. The lowest BCUT2D eigenvalue weighted by atomic mass is 10.1. The molecule has 0 N–H and O–H groups in total. The summed E-state index contributed by atoms with van der Waals surface area (Å²) >= 11 is 5.58. The lowest BCUT2D eigenvalue weighted by molar-refractivity contribution is 0.357. The lowest BCUT2D eigenvalue weighted by Gasteiger charge is -2.23. The first-order valence-corrected chi connectivity index (χ1v) is 8.97. The molecule has 0 fully saturated rings. The third-order valence-electron chi connectivity index (χ3n) is 2.84. The van der Waals surface area contributed by atoms with Crippen molar-refractivity contribution in [2.45, 2.75) is 47.0 Å². The van der Waals surface area contributed by atoms with Crippen LogP contribution in [0.15, 0.2) is 0 Å². The van der Waals surface area contributed by atoms with E-state index in [4.69, 9.17) is 11.6 Å². The summed E-state index contributed by atoms with van der Waals surface area (Å²) in [6.45, 7) is 9.74. The van der Waals surface area contributed by atoms with Crippen molar-refractivity contribution in [3.8, 4) is 0 Å². The van der Waals surface area contributed by atoms with Gasteiger partial charge < -0.3 is 0 Å². The number of hydrogen-bond acceptors (Lipinski definition) is 2. The van der Waals surface area contributed by atoms with Crippen LogP contribution in [0.4, 0.5) is 0 Å². The average Bonchev–Trinajstić information content (AvgIpc) is 2.25. The first-order chi connectivity index (χ1) is 8.29. The topological polar surface area (TPSA) is 37.4 Å². The van der Waals surface area contributed by atoms with Crippen molar-refractivity contribution in [2.75, 3.05) is 24.7 Å². The second-order valence-corrected chi connectivity index (χ2v) is 8.09. The van der Waals surface area contributed by atoms with Gasteiger partial charge >= 0.3 is 0 Å². The molecule has 0 radical (unpaired) electrons. The van der Waals surface area contributed by atoms with Crippen molar-refractivity contribution >= 4 is 21.6 Å². The normalized spacial score (nSPS) is 12.9. The largest absolute Gasteiger partial charge is 0.214 e. The SMILES string of the molecule is CC(C)CCN(CCC(C)C)S(=O)(=O)CCCCl. The summed E-state index contributed by atoms with van der Waals surface area (Å²) < 4.78 is 26.0. The Balaban J connectivity index is 4.51. The Kier molecular flexibility index (Phi) is 9.26. The highest BCUT2D eigenvalue weighted by atomic mass is 35.5.